The zero-order chi connectivity index (χ0) is 14.6. The molecule has 0 amide bonds. The second kappa shape index (κ2) is 7.21. The van der Waals surface area contributed by atoms with E-state index in [1.165, 1.54) is 64.8 Å². The van der Waals surface area contributed by atoms with Gasteiger partial charge < -0.3 is 15.5 Å². The second-order valence-electron chi connectivity index (χ2n) is 7.02. The summed E-state index contributed by atoms with van der Waals surface area (Å²) in [5, 5.41) is 0. The molecule has 2 saturated heterocycles. The van der Waals surface area contributed by atoms with Gasteiger partial charge in [0.05, 0.1) is 0 Å². The van der Waals surface area contributed by atoms with E-state index in [9.17, 15) is 0 Å². The van der Waals surface area contributed by atoms with Gasteiger partial charge >= 0.3 is 0 Å². The van der Waals surface area contributed by atoms with Gasteiger partial charge in [-0.1, -0.05) is 6.92 Å². The van der Waals surface area contributed by atoms with E-state index in [4.69, 9.17) is 5.73 Å². The zero-order valence-electron chi connectivity index (χ0n) is 13.8. The van der Waals surface area contributed by atoms with Gasteiger partial charge in [0.15, 0.2) is 0 Å². The Hall–Kier alpha value is -0.160. The lowest BCUT2D eigenvalue weighted by atomic mass is 9.85. The van der Waals surface area contributed by atoms with E-state index < -0.39 is 0 Å². The maximum Gasteiger partial charge on any atom is 0.0359 e. The monoisotopic (exact) mass is 282 g/mol. The Morgan fingerprint density at radius 3 is 2.45 bits per heavy atom. The Morgan fingerprint density at radius 2 is 1.90 bits per heavy atom. The average Bonchev–Trinajstić information content (AvgIpc) is 2.88. The van der Waals surface area contributed by atoms with Gasteiger partial charge in [0, 0.05) is 24.7 Å². The Kier molecular flexibility index (Phi) is 5.84. The SMILES string of the molecule is CCCN1CCC(CN)(N2CCCC2CN(C)C)CC1. The first-order valence-corrected chi connectivity index (χ1v) is 8.45. The topological polar surface area (TPSA) is 35.7 Å². The predicted octanol–water partition coefficient (Wildman–Crippen LogP) is 1.22. The minimum atomic E-state index is 0.279. The number of likely N-dealkylation sites (tertiary alicyclic amines) is 2. The van der Waals surface area contributed by atoms with Gasteiger partial charge in [-0.25, -0.2) is 0 Å². The van der Waals surface area contributed by atoms with E-state index in [1.54, 1.807) is 0 Å². The Balaban J connectivity index is 2.00. The van der Waals surface area contributed by atoms with Gasteiger partial charge in [0.25, 0.3) is 0 Å². The lowest BCUT2D eigenvalue weighted by Gasteiger charge is -2.49. The van der Waals surface area contributed by atoms with E-state index in [0.717, 1.165) is 6.54 Å². The van der Waals surface area contributed by atoms with Crippen LogP contribution in [0.2, 0.25) is 0 Å². The number of hydrogen-bond donors (Lipinski definition) is 1. The van der Waals surface area contributed by atoms with Crippen LogP contribution < -0.4 is 5.73 Å². The molecule has 1 unspecified atom stereocenters. The first kappa shape index (κ1) is 16.2. The molecule has 0 bridgehead atoms. The van der Waals surface area contributed by atoms with Crippen molar-refractivity contribution in [1.82, 2.24) is 14.7 Å². The van der Waals surface area contributed by atoms with Crippen LogP contribution in [-0.2, 0) is 0 Å². The highest BCUT2D eigenvalue weighted by Gasteiger charge is 2.43. The first-order valence-electron chi connectivity index (χ1n) is 8.45. The molecule has 0 aromatic rings. The number of hydrogen-bond acceptors (Lipinski definition) is 4. The largest absolute Gasteiger partial charge is 0.329 e. The fourth-order valence-electron chi connectivity index (χ4n) is 4.19. The van der Waals surface area contributed by atoms with Crippen LogP contribution in [0.5, 0.6) is 0 Å². The minimum absolute atomic E-state index is 0.279. The maximum atomic E-state index is 6.26. The van der Waals surface area contributed by atoms with Crippen LogP contribution in [0.1, 0.15) is 39.0 Å². The number of rotatable bonds is 6. The van der Waals surface area contributed by atoms with Crippen molar-refractivity contribution >= 4 is 0 Å². The van der Waals surface area contributed by atoms with Crippen molar-refractivity contribution in [2.45, 2.75) is 50.6 Å². The van der Waals surface area contributed by atoms with Gasteiger partial charge in [-0.3, -0.25) is 4.90 Å². The van der Waals surface area contributed by atoms with Crippen molar-refractivity contribution in [3.05, 3.63) is 0 Å². The van der Waals surface area contributed by atoms with Gasteiger partial charge in [0.2, 0.25) is 0 Å². The third-order valence-corrected chi connectivity index (χ3v) is 5.27. The highest BCUT2D eigenvalue weighted by Crippen LogP contribution is 2.34. The molecule has 20 heavy (non-hydrogen) atoms. The van der Waals surface area contributed by atoms with Crippen LogP contribution in [0.3, 0.4) is 0 Å². The summed E-state index contributed by atoms with van der Waals surface area (Å²) in [5.74, 6) is 0. The molecule has 0 saturated carbocycles. The maximum absolute atomic E-state index is 6.26. The highest BCUT2D eigenvalue weighted by molar-refractivity contribution is 5.01. The normalized spacial score (nSPS) is 28.4. The summed E-state index contributed by atoms with van der Waals surface area (Å²) >= 11 is 0. The molecule has 2 rings (SSSR count). The molecule has 0 spiro atoms. The first-order chi connectivity index (χ1) is 9.61. The third kappa shape index (κ3) is 3.53. The zero-order valence-corrected chi connectivity index (χ0v) is 13.8. The number of nitrogens with two attached hydrogens (primary N) is 1. The summed E-state index contributed by atoms with van der Waals surface area (Å²) in [6.07, 6.45) is 6.47. The van der Waals surface area contributed by atoms with Gasteiger partial charge in [-0.2, -0.15) is 0 Å². The molecule has 0 aromatic heterocycles. The molecule has 2 aliphatic rings. The average molecular weight is 282 g/mol. The Labute approximate surface area is 125 Å². The standard InChI is InChI=1S/C16H34N4/c1-4-9-19-11-7-16(14-17,8-12-19)20-10-5-6-15(20)13-18(2)3/h15H,4-14,17H2,1-3H3. The number of nitrogens with zero attached hydrogens (tertiary/aromatic N) is 3. The molecule has 0 aliphatic carbocycles. The van der Waals surface area contributed by atoms with Crippen LogP contribution >= 0.6 is 0 Å². The Bertz CT molecular complexity index is 284. The number of piperidine rings is 1. The highest BCUT2D eigenvalue weighted by atomic mass is 15.3. The summed E-state index contributed by atoms with van der Waals surface area (Å²) in [6.45, 7) is 9.26. The van der Waals surface area contributed by atoms with E-state index in [0.29, 0.717) is 6.04 Å². The predicted molar refractivity (Wildman–Crippen MR) is 86.0 cm³/mol. The molecule has 0 aromatic carbocycles. The van der Waals surface area contributed by atoms with Crippen LogP contribution in [0.25, 0.3) is 0 Å². The summed E-state index contributed by atoms with van der Waals surface area (Å²) in [5.41, 5.74) is 6.54. The van der Waals surface area contributed by atoms with Crippen LogP contribution in [0, 0.1) is 0 Å². The molecule has 2 aliphatic heterocycles. The summed E-state index contributed by atoms with van der Waals surface area (Å²) in [7, 11) is 4.38. The van der Waals surface area contributed by atoms with E-state index in [1.807, 2.05) is 0 Å². The van der Waals surface area contributed by atoms with E-state index >= 15 is 0 Å². The summed E-state index contributed by atoms with van der Waals surface area (Å²) in [6, 6.07) is 0.714. The van der Waals surface area contributed by atoms with Crippen molar-refractivity contribution in [1.29, 1.82) is 0 Å². The smallest absolute Gasteiger partial charge is 0.0359 e. The molecule has 2 N–H and O–H groups in total. The molecule has 2 heterocycles. The van der Waals surface area contributed by atoms with Crippen LogP contribution in [0.15, 0.2) is 0 Å². The molecule has 4 heteroatoms. The van der Waals surface area contributed by atoms with Crippen molar-refractivity contribution < 1.29 is 0 Å². The van der Waals surface area contributed by atoms with Crippen molar-refractivity contribution in [3.63, 3.8) is 0 Å². The van der Waals surface area contributed by atoms with Crippen LogP contribution in [-0.4, -0.2) is 79.6 Å². The fourth-order valence-corrected chi connectivity index (χ4v) is 4.19. The molecular formula is C16H34N4. The molecular weight excluding hydrogens is 248 g/mol. The van der Waals surface area contributed by atoms with Gasteiger partial charge in [0.1, 0.15) is 0 Å². The van der Waals surface area contributed by atoms with E-state index in [2.05, 4.69) is 35.7 Å². The van der Waals surface area contributed by atoms with Crippen molar-refractivity contribution in [2.75, 3.05) is 53.4 Å². The van der Waals surface area contributed by atoms with Gasteiger partial charge in [-0.05, 0) is 72.4 Å². The minimum Gasteiger partial charge on any atom is -0.329 e. The molecule has 118 valence electrons. The van der Waals surface area contributed by atoms with Crippen molar-refractivity contribution in [2.24, 2.45) is 5.73 Å². The van der Waals surface area contributed by atoms with E-state index in [-0.39, 0.29) is 5.54 Å². The Morgan fingerprint density at radius 1 is 1.20 bits per heavy atom. The summed E-state index contributed by atoms with van der Waals surface area (Å²) < 4.78 is 0. The van der Waals surface area contributed by atoms with Crippen molar-refractivity contribution in [3.8, 4) is 0 Å². The van der Waals surface area contributed by atoms with Gasteiger partial charge in [-0.15, -0.1) is 0 Å². The molecule has 1 atom stereocenters. The lowest BCUT2D eigenvalue weighted by Crippen LogP contribution is -2.61. The summed E-state index contributed by atoms with van der Waals surface area (Å²) in [4.78, 5) is 7.72. The second-order valence-corrected chi connectivity index (χ2v) is 7.02. The fraction of sp³-hybridized carbons (Fsp3) is 1.00. The molecule has 2 fully saturated rings. The lowest BCUT2D eigenvalue weighted by molar-refractivity contribution is 0.0118. The quantitative estimate of drug-likeness (QED) is 0.794. The third-order valence-electron chi connectivity index (χ3n) is 5.27. The molecule has 4 nitrogen and oxygen atoms in total. The number of likely N-dealkylation sites (N-methyl/N-ethyl adjacent to an activating group) is 1. The molecule has 0 radical (unpaired) electrons. The van der Waals surface area contributed by atoms with Crippen LogP contribution in [0.4, 0.5) is 0 Å².